The van der Waals surface area contributed by atoms with Crippen LogP contribution in [0.15, 0.2) is 54.9 Å². The Bertz CT molecular complexity index is 939. The number of aromatic hydroxyl groups is 1. The number of aromatic nitrogens is 3. The van der Waals surface area contributed by atoms with Crippen LogP contribution < -0.4 is 0 Å². The Kier molecular flexibility index (Phi) is 5.37. The van der Waals surface area contributed by atoms with Crippen LogP contribution in [0, 0.1) is 0 Å². The van der Waals surface area contributed by atoms with Crippen molar-refractivity contribution in [3.05, 3.63) is 66.0 Å². The second-order valence-corrected chi connectivity index (χ2v) is 7.24. The van der Waals surface area contributed by atoms with Gasteiger partial charge < -0.3 is 10.0 Å². The zero-order chi connectivity index (χ0) is 19.3. The Morgan fingerprint density at radius 3 is 2.89 bits per heavy atom. The molecule has 1 amide bonds. The summed E-state index contributed by atoms with van der Waals surface area (Å²) in [6, 6.07) is 15.1. The summed E-state index contributed by atoms with van der Waals surface area (Å²) in [5, 5.41) is 16.5. The molecule has 2 heterocycles. The number of nitrogens with one attached hydrogen (secondary N) is 1. The molecule has 0 bridgehead atoms. The normalized spacial score (nSPS) is 16.9. The molecular weight excluding hydrogens is 352 g/mol. The maximum Gasteiger partial charge on any atom is 0.254 e. The molecule has 0 unspecified atom stereocenters. The molecule has 2 aromatic carbocycles. The molecule has 6 heteroatoms. The molecule has 1 aliphatic rings. The van der Waals surface area contributed by atoms with Crippen molar-refractivity contribution in [1.29, 1.82) is 0 Å². The van der Waals surface area contributed by atoms with E-state index in [1.807, 2.05) is 41.3 Å². The van der Waals surface area contributed by atoms with Gasteiger partial charge >= 0.3 is 0 Å². The van der Waals surface area contributed by atoms with E-state index in [0.717, 1.165) is 49.8 Å². The van der Waals surface area contributed by atoms with Crippen molar-refractivity contribution in [2.24, 2.45) is 0 Å². The fourth-order valence-corrected chi connectivity index (χ4v) is 3.98. The van der Waals surface area contributed by atoms with E-state index in [2.05, 4.69) is 15.2 Å². The number of carbonyl (C=O) groups excluding carboxylic acids is 1. The van der Waals surface area contributed by atoms with Gasteiger partial charge in [0.1, 0.15) is 12.1 Å². The summed E-state index contributed by atoms with van der Waals surface area (Å²) in [4.78, 5) is 19.6. The molecule has 4 rings (SSSR count). The molecule has 0 radical (unpaired) electrons. The van der Waals surface area contributed by atoms with Gasteiger partial charge in [-0.3, -0.25) is 9.89 Å². The van der Waals surface area contributed by atoms with Crippen LogP contribution in [0.2, 0.25) is 0 Å². The average molecular weight is 376 g/mol. The molecule has 1 aliphatic heterocycles. The monoisotopic (exact) mass is 376 g/mol. The van der Waals surface area contributed by atoms with Gasteiger partial charge in [0.15, 0.2) is 5.82 Å². The number of H-pyrrole nitrogens is 1. The standard InChI is InChI=1S/C22H24N4O2/c27-18-8-5-6-16(14-18)11-12-17-7-3-4-13-26(17)22(28)20-10-2-1-9-19(20)21-23-15-24-25-21/h1-2,5-6,8-10,14-15,17,27H,3-4,7,11-13H2,(H,23,24,25)/t17-/m0/s1. The summed E-state index contributed by atoms with van der Waals surface area (Å²) in [5.41, 5.74) is 2.53. The van der Waals surface area contributed by atoms with Crippen molar-refractivity contribution in [2.75, 3.05) is 6.54 Å². The number of aryl methyl sites for hydroxylation is 1. The summed E-state index contributed by atoms with van der Waals surface area (Å²) in [5.74, 6) is 0.944. The third-order valence-corrected chi connectivity index (χ3v) is 5.39. The molecule has 3 aromatic rings. The molecule has 144 valence electrons. The van der Waals surface area contributed by atoms with Crippen molar-refractivity contribution < 1.29 is 9.90 Å². The van der Waals surface area contributed by atoms with Crippen molar-refractivity contribution in [3.8, 4) is 17.1 Å². The van der Waals surface area contributed by atoms with Gasteiger partial charge in [-0.25, -0.2) is 4.98 Å². The van der Waals surface area contributed by atoms with Gasteiger partial charge in [0.25, 0.3) is 5.91 Å². The number of nitrogens with zero attached hydrogens (tertiary/aromatic N) is 3. The Balaban J connectivity index is 1.54. The van der Waals surface area contributed by atoms with Gasteiger partial charge in [-0.2, -0.15) is 5.10 Å². The number of likely N-dealkylation sites (tertiary alicyclic amines) is 1. The number of benzene rings is 2. The highest BCUT2D eigenvalue weighted by Crippen LogP contribution is 2.27. The molecule has 1 atom stereocenters. The summed E-state index contributed by atoms with van der Waals surface area (Å²) in [7, 11) is 0. The SMILES string of the molecule is O=C(c1ccccc1-c1ncn[nH]1)N1CCCC[C@H]1CCc1cccc(O)c1. The summed E-state index contributed by atoms with van der Waals surface area (Å²) >= 11 is 0. The van der Waals surface area contributed by atoms with Gasteiger partial charge in [-0.15, -0.1) is 0 Å². The van der Waals surface area contributed by atoms with Crippen molar-refractivity contribution in [3.63, 3.8) is 0 Å². The van der Waals surface area contributed by atoms with Crippen LogP contribution in [0.1, 0.15) is 41.6 Å². The summed E-state index contributed by atoms with van der Waals surface area (Å²) in [6.07, 6.45) is 6.36. The van der Waals surface area contributed by atoms with E-state index in [1.54, 1.807) is 12.1 Å². The molecule has 28 heavy (non-hydrogen) atoms. The first-order chi connectivity index (χ1) is 13.7. The number of amides is 1. The first kappa shape index (κ1) is 18.2. The molecule has 2 N–H and O–H groups in total. The predicted molar refractivity (Wildman–Crippen MR) is 107 cm³/mol. The highest BCUT2D eigenvalue weighted by Gasteiger charge is 2.29. The predicted octanol–water partition coefficient (Wildman–Crippen LogP) is 3.80. The third kappa shape index (κ3) is 3.91. The van der Waals surface area contributed by atoms with Gasteiger partial charge in [-0.1, -0.05) is 30.3 Å². The number of aromatic amines is 1. The van der Waals surface area contributed by atoms with Crippen LogP contribution in [0.4, 0.5) is 0 Å². The molecule has 1 fully saturated rings. The molecule has 0 saturated carbocycles. The first-order valence-corrected chi connectivity index (χ1v) is 9.76. The van der Waals surface area contributed by atoms with E-state index in [4.69, 9.17) is 0 Å². The van der Waals surface area contributed by atoms with Crippen LogP contribution in [0.5, 0.6) is 5.75 Å². The highest BCUT2D eigenvalue weighted by atomic mass is 16.3. The fourth-order valence-electron chi connectivity index (χ4n) is 3.98. The minimum absolute atomic E-state index is 0.0487. The fraction of sp³-hybridized carbons (Fsp3) is 0.318. The van der Waals surface area contributed by atoms with E-state index in [1.165, 1.54) is 6.33 Å². The van der Waals surface area contributed by atoms with E-state index < -0.39 is 0 Å². The van der Waals surface area contributed by atoms with Crippen molar-refractivity contribution in [2.45, 2.75) is 38.1 Å². The Morgan fingerprint density at radius 1 is 1.18 bits per heavy atom. The maximum atomic E-state index is 13.4. The van der Waals surface area contributed by atoms with Gasteiger partial charge in [0.2, 0.25) is 0 Å². The van der Waals surface area contributed by atoms with Gasteiger partial charge in [0, 0.05) is 18.2 Å². The first-order valence-electron chi connectivity index (χ1n) is 9.76. The van der Waals surface area contributed by atoms with E-state index in [0.29, 0.717) is 11.4 Å². The minimum Gasteiger partial charge on any atom is -0.508 e. The number of hydrogen-bond donors (Lipinski definition) is 2. The Morgan fingerprint density at radius 2 is 2.07 bits per heavy atom. The number of phenols is 1. The van der Waals surface area contributed by atoms with Crippen LogP contribution >= 0.6 is 0 Å². The topological polar surface area (TPSA) is 82.1 Å². The lowest BCUT2D eigenvalue weighted by Crippen LogP contribution is -2.44. The summed E-state index contributed by atoms with van der Waals surface area (Å²) in [6.45, 7) is 0.772. The highest BCUT2D eigenvalue weighted by molar-refractivity contribution is 6.00. The smallest absolute Gasteiger partial charge is 0.254 e. The lowest BCUT2D eigenvalue weighted by atomic mass is 9.94. The zero-order valence-electron chi connectivity index (χ0n) is 15.7. The number of carbonyl (C=O) groups is 1. The number of piperidine rings is 1. The lowest BCUT2D eigenvalue weighted by molar-refractivity contribution is 0.0602. The van der Waals surface area contributed by atoms with Crippen LogP contribution in [0.3, 0.4) is 0 Å². The van der Waals surface area contributed by atoms with Gasteiger partial charge in [-0.05, 0) is 55.9 Å². The molecule has 0 spiro atoms. The van der Waals surface area contributed by atoms with Crippen molar-refractivity contribution >= 4 is 5.91 Å². The molecule has 0 aliphatic carbocycles. The van der Waals surface area contributed by atoms with E-state index >= 15 is 0 Å². The third-order valence-electron chi connectivity index (χ3n) is 5.39. The molecule has 1 saturated heterocycles. The quantitative estimate of drug-likeness (QED) is 0.709. The zero-order valence-corrected chi connectivity index (χ0v) is 15.7. The largest absolute Gasteiger partial charge is 0.508 e. The lowest BCUT2D eigenvalue weighted by Gasteiger charge is -2.36. The average Bonchev–Trinajstić information content (AvgIpc) is 3.27. The summed E-state index contributed by atoms with van der Waals surface area (Å²) < 4.78 is 0. The Labute approximate surface area is 164 Å². The second kappa shape index (κ2) is 8.25. The molecule has 6 nitrogen and oxygen atoms in total. The van der Waals surface area contributed by atoms with Crippen LogP contribution in [-0.4, -0.2) is 43.7 Å². The number of rotatable bonds is 5. The second-order valence-electron chi connectivity index (χ2n) is 7.24. The minimum atomic E-state index is 0.0487. The number of phenolic OH excluding ortho intramolecular Hbond substituents is 1. The van der Waals surface area contributed by atoms with E-state index in [9.17, 15) is 9.90 Å². The van der Waals surface area contributed by atoms with Gasteiger partial charge in [0.05, 0.1) is 5.56 Å². The van der Waals surface area contributed by atoms with Crippen LogP contribution in [-0.2, 0) is 6.42 Å². The van der Waals surface area contributed by atoms with E-state index in [-0.39, 0.29) is 17.7 Å². The molecule has 1 aromatic heterocycles. The Hall–Kier alpha value is -3.15. The van der Waals surface area contributed by atoms with Crippen molar-refractivity contribution in [1.82, 2.24) is 20.1 Å². The number of hydrogen-bond acceptors (Lipinski definition) is 4. The maximum absolute atomic E-state index is 13.4. The van der Waals surface area contributed by atoms with Crippen LogP contribution in [0.25, 0.3) is 11.4 Å². The molecular formula is C22H24N4O2.